The first-order chi connectivity index (χ1) is 20.4. The summed E-state index contributed by atoms with van der Waals surface area (Å²) in [6.07, 6.45) is 0. The van der Waals surface area contributed by atoms with E-state index in [2.05, 4.69) is 21.3 Å². The Balaban J connectivity index is 1.53. The summed E-state index contributed by atoms with van der Waals surface area (Å²) < 4.78 is 21.6. The van der Waals surface area contributed by atoms with Crippen LogP contribution in [-0.2, 0) is 6.54 Å². The predicted octanol–water partition coefficient (Wildman–Crippen LogP) is 4.71. The first-order valence-electron chi connectivity index (χ1n) is 13.8. The number of phenolic OH excluding ortho intramolecular Hbond substituents is 1. The molecule has 0 amide bonds. The van der Waals surface area contributed by atoms with E-state index >= 15 is 0 Å². The number of aromatic amines is 1. The lowest BCUT2D eigenvalue weighted by Gasteiger charge is -2.29. The zero-order valence-electron chi connectivity index (χ0n) is 23.2. The van der Waals surface area contributed by atoms with Crippen molar-refractivity contribution in [3.05, 3.63) is 88.1 Å². The maximum atomic E-state index is 14.5. The number of anilines is 1. The Morgan fingerprint density at radius 3 is 2.52 bits per heavy atom. The van der Waals surface area contributed by atoms with Crippen molar-refractivity contribution < 1.29 is 14.2 Å². The predicted molar refractivity (Wildman–Crippen MR) is 162 cm³/mol. The molecule has 6 aromatic rings. The van der Waals surface area contributed by atoms with Crippen LogP contribution in [0.25, 0.3) is 44.0 Å². The number of aromatic nitrogens is 4. The highest BCUT2D eigenvalue weighted by Crippen LogP contribution is 2.38. The molecule has 42 heavy (non-hydrogen) atoms. The number of hydrogen-bond donors (Lipinski definition) is 3. The molecule has 0 unspecified atom stereocenters. The molecular formula is C32H29FN6O3. The van der Waals surface area contributed by atoms with E-state index in [9.17, 15) is 14.3 Å². The average Bonchev–Trinajstić information content (AvgIpc) is 3.31. The van der Waals surface area contributed by atoms with Gasteiger partial charge in [0.25, 0.3) is 5.56 Å². The van der Waals surface area contributed by atoms with Crippen molar-refractivity contribution in [2.45, 2.75) is 13.5 Å². The maximum absolute atomic E-state index is 14.5. The van der Waals surface area contributed by atoms with Crippen LogP contribution in [0.4, 0.5) is 10.1 Å². The Hall–Kier alpha value is -4.96. The summed E-state index contributed by atoms with van der Waals surface area (Å²) in [4.78, 5) is 24.1. The van der Waals surface area contributed by atoms with E-state index in [1.54, 1.807) is 11.8 Å². The van der Waals surface area contributed by atoms with Crippen LogP contribution < -0.4 is 20.5 Å². The van der Waals surface area contributed by atoms with Gasteiger partial charge in [0.2, 0.25) is 0 Å². The summed E-state index contributed by atoms with van der Waals surface area (Å²) in [6.45, 7) is 5.88. The number of aromatic hydroxyl groups is 1. The quantitative estimate of drug-likeness (QED) is 0.260. The molecular weight excluding hydrogens is 535 g/mol. The Bertz CT molecular complexity index is 2020. The lowest BCUT2D eigenvalue weighted by Crippen LogP contribution is -2.43. The molecule has 3 aromatic carbocycles. The van der Waals surface area contributed by atoms with Gasteiger partial charge in [-0.3, -0.25) is 4.79 Å². The van der Waals surface area contributed by atoms with Gasteiger partial charge in [0.05, 0.1) is 41.3 Å². The van der Waals surface area contributed by atoms with Crippen molar-refractivity contribution in [2.75, 3.05) is 38.2 Å². The van der Waals surface area contributed by atoms with Gasteiger partial charge >= 0.3 is 0 Å². The fourth-order valence-corrected chi connectivity index (χ4v) is 5.96. The summed E-state index contributed by atoms with van der Waals surface area (Å²) in [5.41, 5.74) is 4.25. The van der Waals surface area contributed by atoms with E-state index in [4.69, 9.17) is 14.8 Å². The van der Waals surface area contributed by atoms with Gasteiger partial charge in [0, 0.05) is 54.3 Å². The molecule has 0 radical (unpaired) electrons. The van der Waals surface area contributed by atoms with E-state index in [0.717, 1.165) is 65.7 Å². The summed E-state index contributed by atoms with van der Waals surface area (Å²) in [5, 5.41) is 21.1. The van der Waals surface area contributed by atoms with Crippen LogP contribution in [0.15, 0.2) is 65.5 Å². The molecule has 0 aliphatic carbocycles. The number of nitrogens with one attached hydrogen (secondary N) is 2. The SMILES string of the molecule is COc1ccc(Cn2nc(C)c3c4c(c(-c5cc(O)cc(F)c5)nc32)c(=O)[nH]c2cc(N3CCNCC3)ccc24)cc1. The number of ether oxygens (including phenoxy) is 1. The Labute approximate surface area is 240 Å². The molecule has 1 fully saturated rings. The van der Waals surface area contributed by atoms with Gasteiger partial charge in [-0.2, -0.15) is 5.10 Å². The van der Waals surface area contributed by atoms with Gasteiger partial charge in [-0.25, -0.2) is 14.1 Å². The molecule has 1 saturated heterocycles. The van der Waals surface area contributed by atoms with Crippen molar-refractivity contribution in [3.8, 4) is 22.8 Å². The normalized spacial score (nSPS) is 13.8. The topological polar surface area (TPSA) is 108 Å². The molecule has 9 nitrogen and oxygen atoms in total. The zero-order chi connectivity index (χ0) is 29.0. The molecule has 0 spiro atoms. The lowest BCUT2D eigenvalue weighted by atomic mass is 9.98. The first-order valence-corrected chi connectivity index (χ1v) is 13.8. The van der Waals surface area contributed by atoms with Crippen LogP contribution >= 0.6 is 0 Å². The highest BCUT2D eigenvalue weighted by Gasteiger charge is 2.23. The molecule has 3 aromatic heterocycles. The summed E-state index contributed by atoms with van der Waals surface area (Å²) in [5.74, 6) is -0.120. The Kier molecular flexibility index (Phi) is 6.27. The van der Waals surface area contributed by atoms with E-state index < -0.39 is 5.82 Å². The lowest BCUT2D eigenvalue weighted by molar-refractivity contribution is 0.414. The maximum Gasteiger partial charge on any atom is 0.258 e. The van der Waals surface area contributed by atoms with Crippen LogP contribution in [0.5, 0.6) is 11.5 Å². The van der Waals surface area contributed by atoms with Crippen molar-refractivity contribution in [3.63, 3.8) is 0 Å². The third-order valence-electron chi connectivity index (χ3n) is 7.93. The number of phenols is 1. The Morgan fingerprint density at radius 2 is 1.79 bits per heavy atom. The average molecular weight is 565 g/mol. The molecule has 1 aliphatic heterocycles. The molecule has 3 N–H and O–H groups in total. The monoisotopic (exact) mass is 564 g/mol. The minimum Gasteiger partial charge on any atom is -0.508 e. The standard InChI is InChI=1S/C32H29FN6O3/c1-18-27-28-25-8-5-22(38-11-9-34-10-12-38)16-26(25)35-32(41)29(28)30(20-13-21(33)15-23(40)14-20)36-31(27)39(37-18)17-19-3-6-24(42-2)7-4-19/h3-8,13-16,34,40H,9-12,17H2,1-2H3,(H,35,41). The van der Waals surface area contributed by atoms with Gasteiger partial charge in [0.15, 0.2) is 5.65 Å². The van der Waals surface area contributed by atoms with Gasteiger partial charge in [-0.05, 0) is 48.9 Å². The third-order valence-corrected chi connectivity index (χ3v) is 7.93. The molecule has 4 heterocycles. The molecule has 7 rings (SSSR count). The molecule has 0 saturated carbocycles. The van der Waals surface area contributed by atoms with E-state index in [-0.39, 0.29) is 17.0 Å². The number of rotatable bonds is 5. The largest absolute Gasteiger partial charge is 0.508 e. The van der Waals surface area contributed by atoms with Crippen LogP contribution in [0.1, 0.15) is 11.3 Å². The minimum absolute atomic E-state index is 0.249. The number of piperazine rings is 1. The number of aryl methyl sites for hydroxylation is 1. The molecule has 1 aliphatic rings. The van der Waals surface area contributed by atoms with Gasteiger partial charge < -0.3 is 25.0 Å². The second kappa shape index (κ2) is 10.1. The highest BCUT2D eigenvalue weighted by atomic mass is 19.1. The second-order valence-corrected chi connectivity index (χ2v) is 10.6. The smallest absolute Gasteiger partial charge is 0.258 e. The molecule has 10 heteroatoms. The summed E-state index contributed by atoms with van der Waals surface area (Å²) >= 11 is 0. The first kappa shape index (κ1) is 26.0. The van der Waals surface area contributed by atoms with Crippen LogP contribution in [-0.4, -0.2) is 58.1 Å². The number of benzene rings is 3. The number of hydrogen-bond acceptors (Lipinski definition) is 7. The zero-order valence-corrected chi connectivity index (χ0v) is 23.2. The molecule has 212 valence electrons. The summed E-state index contributed by atoms with van der Waals surface area (Å²) in [6, 6.07) is 17.5. The van der Waals surface area contributed by atoms with Gasteiger partial charge in [0.1, 0.15) is 17.3 Å². The number of H-pyrrole nitrogens is 1. The number of pyridine rings is 2. The highest BCUT2D eigenvalue weighted by molar-refractivity contribution is 6.21. The Morgan fingerprint density at radius 1 is 1.00 bits per heavy atom. The summed E-state index contributed by atoms with van der Waals surface area (Å²) in [7, 11) is 1.62. The van der Waals surface area contributed by atoms with Crippen molar-refractivity contribution in [2.24, 2.45) is 0 Å². The number of halogens is 1. The fourth-order valence-electron chi connectivity index (χ4n) is 5.96. The van der Waals surface area contributed by atoms with Crippen molar-refractivity contribution in [1.82, 2.24) is 25.1 Å². The molecule has 0 atom stereocenters. The fraction of sp³-hybridized carbons (Fsp3) is 0.219. The van der Waals surface area contributed by atoms with Gasteiger partial charge in [-0.15, -0.1) is 0 Å². The van der Waals surface area contributed by atoms with Crippen molar-refractivity contribution >= 4 is 38.4 Å². The number of methoxy groups -OCH3 is 1. The molecule has 0 bridgehead atoms. The van der Waals surface area contributed by atoms with E-state index in [0.29, 0.717) is 34.0 Å². The van der Waals surface area contributed by atoms with Gasteiger partial charge in [-0.1, -0.05) is 18.2 Å². The van der Waals surface area contributed by atoms with Crippen LogP contribution in [0, 0.1) is 12.7 Å². The van der Waals surface area contributed by atoms with E-state index in [1.807, 2.05) is 43.3 Å². The minimum atomic E-state index is -0.624. The number of fused-ring (bicyclic) bond motifs is 5. The van der Waals surface area contributed by atoms with Crippen LogP contribution in [0.3, 0.4) is 0 Å². The van der Waals surface area contributed by atoms with E-state index in [1.165, 1.54) is 12.1 Å². The third kappa shape index (κ3) is 4.40. The second-order valence-electron chi connectivity index (χ2n) is 10.6. The van der Waals surface area contributed by atoms with Crippen molar-refractivity contribution in [1.29, 1.82) is 0 Å². The number of nitrogens with zero attached hydrogens (tertiary/aromatic N) is 4. The van der Waals surface area contributed by atoms with Crippen LogP contribution in [0.2, 0.25) is 0 Å².